The number of likely N-dealkylation sites (tertiary alicyclic amines) is 1. The zero-order chi connectivity index (χ0) is 18.7. The molecule has 2 aromatic heterocycles. The van der Waals surface area contributed by atoms with Crippen LogP contribution in [0.3, 0.4) is 0 Å². The van der Waals surface area contributed by atoms with Crippen LogP contribution in [-0.4, -0.2) is 48.1 Å². The van der Waals surface area contributed by atoms with Crippen molar-refractivity contribution in [3.05, 3.63) is 54.2 Å². The van der Waals surface area contributed by atoms with Gasteiger partial charge in [-0.05, 0) is 43.5 Å². The zero-order valence-corrected chi connectivity index (χ0v) is 19.0. The maximum absolute atomic E-state index is 5.40. The molecule has 0 aromatic carbocycles. The SMILES string of the molecule is CCCN=C(NCCc1ccco1)NC1CCN(Cc2ccccn2)CC1.I. The Kier molecular flexibility index (Phi) is 10.3. The quantitative estimate of drug-likeness (QED) is 0.333. The summed E-state index contributed by atoms with van der Waals surface area (Å²) in [6.07, 6.45) is 7.75. The first-order valence-corrected chi connectivity index (χ1v) is 10.0. The number of furan rings is 1. The van der Waals surface area contributed by atoms with Crippen molar-refractivity contribution in [2.45, 2.75) is 45.2 Å². The lowest BCUT2D eigenvalue weighted by atomic mass is 10.0. The van der Waals surface area contributed by atoms with Crippen LogP contribution in [-0.2, 0) is 13.0 Å². The molecule has 1 fully saturated rings. The van der Waals surface area contributed by atoms with E-state index >= 15 is 0 Å². The minimum absolute atomic E-state index is 0. The molecule has 154 valence electrons. The van der Waals surface area contributed by atoms with E-state index in [1.54, 1.807) is 6.26 Å². The fourth-order valence-corrected chi connectivity index (χ4v) is 3.28. The molecule has 1 aliphatic heterocycles. The molecule has 0 unspecified atom stereocenters. The third kappa shape index (κ3) is 7.79. The molecular weight excluding hydrogens is 465 g/mol. The number of guanidine groups is 1. The molecule has 1 aliphatic rings. The van der Waals surface area contributed by atoms with Crippen LogP contribution in [0, 0.1) is 0 Å². The van der Waals surface area contributed by atoms with Crippen LogP contribution in [0.4, 0.5) is 0 Å². The number of piperidine rings is 1. The van der Waals surface area contributed by atoms with Gasteiger partial charge in [0.15, 0.2) is 5.96 Å². The number of hydrogen-bond donors (Lipinski definition) is 2. The van der Waals surface area contributed by atoms with Crippen molar-refractivity contribution >= 4 is 29.9 Å². The van der Waals surface area contributed by atoms with Crippen LogP contribution in [0.5, 0.6) is 0 Å². The van der Waals surface area contributed by atoms with Crippen LogP contribution in [0.2, 0.25) is 0 Å². The van der Waals surface area contributed by atoms with Gasteiger partial charge < -0.3 is 15.1 Å². The first-order chi connectivity index (χ1) is 13.3. The second kappa shape index (κ2) is 12.8. The van der Waals surface area contributed by atoms with Gasteiger partial charge in [-0.25, -0.2) is 0 Å². The molecule has 1 saturated heterocycles. The molecule has 0 saturated carbocycles. The maximum atomic E-state index is 5.40. The van der Waals surface area contributed by atoms with Crippen LogP contribution >= 0.6 is 24.0 Å². The second-order valence-electron chi connectivity index (χ2n) is 7.00. The van der Waals surface area contributed by atoms with Crippen LogP contribution in [0.1, 0.15) is 37.6 Å². The Hall–Kier alpha value is -1.61. The lowest BCUT2D eigenvalue weighted by Crippen LogP contribution is -2.49. The summed E-state index contributed by atoms with van der Waals surface area (Å²) in [6.45, 7) is 6.92. The Morgan fingerprint density at radius 2 is 2.11 bits per heavy atom. The Labute approximate surface area is 185 Å². The average Bonchev–Trinajstić information content (AvgIpc) is 3.22. The van der Waals surface area contributed by atoms with Crippen LogP contribution in [0.15, 0.2) is 52.2 Å². The van der Waals surface area contributed by atoms with E-state index in [4.69, 9.17) is 4.42 Å². The van der Waals surface area contributed by atoms with Crippen molar-refractivity contribution in [1.29, 1.82) is 0 Å². The van der Waals surface area contributed by atoms with E-state index in [-0.39, 0.29) is 24.0 Å². The summed E-state index contributed by atoms with van der Waals surface area (Å²) < 4.78 is 5.40. The fourth-order valence-electron chi connectivity index (χ4n) is 3.28. The van der Waals surface area contributed by atoms with E-state index in [9.17, 15) is 0 Å². The minimum Gasteiger partial charge on any atom is -0.469 e. The molecule has 28 heavy (non-hydrogen) atoms. The summed E-state index contributed by atoms with van der Waals surface area (Å²) in [6, 6.07) is 10.5. The smallest absolute Gasteiger partial charge is 0.191 e. The highest BCUT2D eigenvalue weighted by atomic mass is 127. The Balaban J connectivity index is 0.00000280. The van der Waals surface area contributed by atoms with Gasteiger partial charge in [0, 0.05) is 51.4 Å². The lowest BCUT2D eigenvalue weighted by molar-refractivity contribution is 0.196. The summed E-state index contributed by atoms with van der Waals surface area (Å²) in [5.74, 6) is 1.92. The molecule has 0 atom stereocenters. The minimum atomic E-state index is 0. The van der Waals surface area contributed by atoms with E-state index in [2.05, 4.69) is 44.6 Å². The molecule has 0 bridgehead atoms. The van der Waals surface area contributed by atoms with Crippen molar-refractivity contribution in [3.63, 3.8) is 0 Å². The molecule has 0 aliphatic carbocycles. The number of aromatic nitrogens is 1. The monoisotopic (exact) mass is 497 g/mol. The van der Waals surface area contributed by atoms with E-state index in [0.29, 0.717) is 6.04 Å². The fraction of sp³-hybridized carbons (Fsp3) is 0.524. The largest absolute Gasteiger partial charge is 0.469 e. The lowest BCUT2D eigenvalue weighted by Gasteiger charge is -2.33. The van der Waals surface area contributed by atoms with Crippen molar-refractivity contribution in [3.8, 4) is 0 Å². The highest BCUT2D eigenvalue weighted by molar-refractivity contribution is 14.0. The molecule has 0 amide bonds. The van der Waals surface area contributed by atoms with E-state index in [0.717, 1.165) is 75.8 Å². The molecule has 2 N–H and O–H groups in total. The van der Waals surface area contributed by atoms with E-state index in [1.165, 1.54) is 0 Å². The molecular formula is C21H32IN5O. The van der Waals surface area contributed by atoms with Gasteiger partial charge in [-0.3, -0.25) is 14.9 Å². The average molecular weight is 497 g/mol. The molecule has 0 radical (unpaired) electrons. The van der Waals surface area contributed by atoms with Crippen molar-refractivity contribution in [2.24, 2.45) is 4.99 Å². The summed E-state index contributed by atoms with van der Waals surface area (Å²) >= 11 is 0. The van der Waals surface area contributed by atoms with Gasteiger partial charge in [0.25, 0.3) is 0 Å². The van der Waals surface area contributed by atoms with Crippen molar-refractivity contribution < 1.29 is 4.42 Å². The van der Waals surface area contributed by atoms with Gasteiger partial charge in [-0.1, -0.05) is 13.0 Å². The third-order valence-electron chi connectivity index (χ3n) is 4.78. The number of nitrogens with zero attached hydrogens (tertiary/aromatic N) is 3. The number of halogens is 1. The Bertz CT molecular complexity index is 669. The summed E-state index contributed by atoms with van der Waals surface area (Å²) in [5, 5.41) is 7.07. The maximum Gasteiger partial charge on any atom is 0.191 e. The first-order valence-electron chi connectivity index (χ1n) is 10.0. The summed E-state index contributed by atoms with van der Waals surface area (Å²) in [4.78, 5) is 11.6. The molecule has 3 heterocycles. The number of nitrogens with one attached hydrogen (secondary N) is 2. The number of aliphatic imine (C=N–C) groups is 1. The predicted molar refractivity (Wildman–Crippen MR) is 124 cm³/mol. The van der Waals surface area contributed by atoms with Gasteiger partial charge in [0.1, 0.15) is 5.76 Å². The second-order valence-corrected chi connectivity index (χ2v) is 7.00. The number of hydrogen-bond acceptors (Lipinski definition) is 4. The van der Waals surface area contributed by atoms with Gasteiger partial charge in [-0.2, -0.15) is 0 Å². The standard InChI is InChI=1S/C21H31N5O.HI/c1-2-11-23-21(24-13-8-20-7-5-16-27-20)25-18-9-14-26(15-10-18)17-19-6-3-4-12-22-19;/h3-7,12,16,18H,2,8-11,13-15,17H2,1H3,(H2,23,24,25);1H. The first kappa shape index (κ1) is 22.7. The van der Waals surface area contributed by atoms with Crippen molar-refractivity contribution in [1.82, 2.24) is 20.5 Å². The van der Waals surface area contributed by atoms with Crippen LogP contribution < -0.4 is 10.6 Å². The van der Waals surface area contributed by atoms with E-state index in [1.807, 2.05) is 24.4 Å². The molecule has 0 spiro atoms. The Morgan fingerprint density at radius 1 is 1.25 bits per heavy atom. The summed E-state index contributed by atoms with van der Waals surface area (Å²) in [7, 11) is 0. The molecule has 7 heteroatoms. The topological polar surface area (TPSA) is 65.7 Å². The van der Waals surface area contributed by atoms with Gasteiger partial charge in [-0.15, -0.1) is 24.0 Å². The highest BCUT2D eigenvalue weighted by Gasteiger charge is 2.20. The van der Waals surface area contributed by atoms with Gasteiger partial charge in [0.2, 0.25) is 0 Å². The number of rotatable bonds is 8. The van der Waals surface area contributed by atoms with E-state index < -0.39 is 0 Å². The molecule has 3 rings (SSSR count). The van der Waals surface area contributed by atoms with Crippen LogP contribution in [0.25, 0.3) is 0 Å². The molecule has 2 aromatic rings. The normalized spacial score (nSPS) is 15.8. The molecule has 6 nitrogen and oxygen atoms in total. The highest BCUT2D eigenvalue weighted by Crippen LogP contribution is 2.13. The summed E-state index contributed by atoms with van der Waals surface area (Å²) in [5.41, 5.74) is 1.15. The van der Waals surface area contributed by atoms with Gasteiger partial charge in [0.05, 0.1) is 12.0 Å². The van der Waals surface area contributed by atoms with Gasteiger partial charge >= 0.3 is 0 Å². The third-order valence-corrected chi connectivity index (χ3v) is 4.78. The Morgan fingerprint density at radius 3 is 2.79 bits per heavy atom. The van der Waals surface area contributed by atoms with Crippen molar-refractivity contribution in [2.75, 3.05) is 26.2 Å². The zero-order valence-electron chi connectivity index (χ0n) is 16.6. The number of pyridine rings is 1. The predicted octanol–water partition coefficient (Wildman–Crippen LogP) is 3.44.